The Labute approximate surface area is 214 Å². The van der Waals surface area contributed by atoms with Crippen LogP contribution in [0.5, 0.6) is 5.75 Å². The average Bonchev–Trinajstić information content (AvgIpc) is 3.32. The third kappa shape index (κ3) is 7.47. The third-order valence-electron chi connectivity index (χ3n) is 6.49. The van der Waals surface area contributed by atoms with Gasteiger partial charge in [0.1, 0.15) is 18.9 Å². The Bertz CT molecular complexity index is 955. The van der Waals surface area contributed by atoms with Crippen molar-refractivity contribution in [1.82, 2.24) is 15.1 Å². The Morgan fingerprint density at radius 3 is 2.57 bits per heavy atom. The molecule has 0 aliphatic carbocycles. The summed E-state index contributed by atoms with van der Waals surface area (Å²) in [6.07, 6.45) is 2.56. The first-order valence-corrected chi connectivity index (χ1v) is 13.8. The number of nitrogens with one attached hydrogen (secondary N) is 1. The van der Waals surface area contributed by atoms with Crippen LogP contribution in [0.1, 0.15) is 75.4 Å². The fourth-order valence-corrected chi connectivity index (χ4v) is 5.19. The number of rotatable bonds is 11. The number of hydrogen-bond acceptors (Lipinski definition) is 4. The van der Waals surface area contributed by atoms with E-state index in [2.05, 4.69) is 56.6 Å². The van der Waals surface area contributed by atoms with Gasteiger partial charge in [0.05, 0.1) is 6.04 Å². The van der Waals surface area contributed by atoms with Crippen LogP contribution in [0, 0.1) is 5.92 Å². The third-order valence-corrected chi connectivity index (χ3v) is 7.48. The molecule has 1 aliphatic heterocycles. The van der Waals surface area contributed by atoms with Crippen molar-refractivity contribution in [2.45, 2.75) is 65.8 Å². The fraction of sp³-hybridized carbons (Fsp3) is 0.571. The van der Waals surface area contributed by atoms with Crippen molar-refractivity contribution in [1.29, 1.82) is 0 Å². The van der Waals surface area contributed by atoms with Gasteiger partial charge in [-0.25, -0.2) is 4.79 Å². The fourth-order valence-electron chi connectivity index (χ4n) is 4.26. The van der Waals surface area contributed by atoms with Crippen LogP contribution in [0.15, 0.2) is 35.7 Å². The molecule has 0 saturated heterocycles. The van der Waals surface area contributed by atoms with E-state index in [9.17, 15) is 9.59 Å². The largest absolute Gasteiger partial charge is 0.491 e. The Hall–Kier alpha value is -2.54. The highest BCUT2D eigenvalue weighted by atomic mass is 32.1. The average molecular weight is 500 g/mol. The van der Waals surface area contributed by atoms with E-state index in [4.69, 9.17) is 4.74 Å². The molecule has 1 aromatic carbocycles. The quantitative estimate of drug-likeness (QED) is 0.422. The van der Waals surface area contributed by atoms with Crippen LogP contribution in [-0.4, -0.2) is 54.5 Å². The van der Waals surface area contributed by atoms with Crippen LogP contribution in [0.25, 0.3) is 0 Å². The van der Waals surface area contributed by atoms with Crippen molar-refractivity contribution in [2.75, 3.05) is 32.8 Å². The molecule has 1 aliphatic rings. The number of hydrogen-bond donors (Lipinski definition) is 1. The SMILES string of the molecule is CCCNC(=O)N(CCC(C)C)CC(=O)N1CCc2sccc2[C@H]1COc1ccc(C(C)C)cc1. The Kier molecular flexibility index (Phi) is 10.0. The zero-order chi connectivity index (χ0) is 25.4. The zero-order valence-corrected chi connectivity index (χ0v) is 22.7. The Balaban J connectivity index is 1.73. The van der Waals surface area contributed by atoms with Crippen LogP contribution < -0.4 is 10.1 Å². The molecule has 2 heterocycles. The van der Waals surface area contributed by atoms with Gasteiger partial charge in [-0.05, 0) is 65.8 Å². The highest BCUT2D eigenvalue weighted by Gasteiger charge is 2.33. The maximum absolute atomic E-state index is 13.6. The second-order valence-electron chi connectivity index (χ2n) is 10.0. The van der Waals surface area contributed by atoms with E-state index in [0.29, 0.717) is 38.1 Å². The lowest BCUT2D eigenvalue weighted by molar-refractivity contribution is -0.135. The van der Waals surface area contributed by atoms with Crippen LogP contribution in [0.4, 0.5) is 4.79 Å². The van der Waals surface area contributed by atoms with E-state index >= 15 is 0 Å². The van der Waals surface area contributed by atoms with Crippen molar-refractivity contribution >= 4 is 23.3 Å². The lowest BCUT2D eigenvalue weighted by Gasteiger charge is -2.37. The molecule has 0 saturated carbocycles. The molecular weight excluding hydrogens is 458 g/mol. The van der Waals surface area contributed by atoms with Gasteiger partial charge >= 0.3 is 6.03 Å². The summed E-state index contributed by atoms with van der Waals surface area (Å²) in [6.45, 7) is 12.9. The van der Waals surface area contributed by atoms with E-state index in [1.54, 1.807) is 16.2 Å². The summed E-state index contributed by atoms with van der Waals surface area (Å²) in [4.78, 5) is 31.2. The van der Waals surface area contributed by atoms with Crippen molar-refractivity contribution in [3.63, 3.8) is 0 Å². The molecule has 1 atom stereocenters. The molecule has 0 unspecified atom stereocenters. The van der Waals surface area contributed by atoms with Gasteiger partial charge in [-0.2, -0.15) is 0 Å². The molecule has 0 spiro atoms. The minimum atomic E-state index is -0.160. The number of nitrogens with zero attached hydrogens (tertiary/aromatic N) is 2. The number of fused-ring (bicyclic) bond motifs is 1. The normalized spacial score (nSPS) is 15.3. The summed E-state index contributed by atoms with van der Waals surface area (Å²) in [5.41, 5.74) is 2.44. The van der Waals surface area contributed by atoms with Crippen LogP contribution in [0.2, 0.25) is 0 Å². The topological polar surface area (TPSA) is 61.9 Å². The van der Waals surface area contributed by atoms with Gasteiger partial charge in [0, 0.05) is 24.5 Å². The molecule has 7 heteroatoms. The lowest BCUT2D eigenvalue weighted by atomic mass is 10.00. The predicted octanol–water partition coefficient (Wildman–Crippen LogP) is 5.84. The van der Waals surface area contributed by atoms with E-state index < -0.39 is 0 Å². The number of urea groups is 1. The standard InChI is InChI=1S/C28H41N3O3S/c1-6-14-29-28(33)30(15-11-20(2)3)18-27(32)31-16-12-26-24(13-17-35-26)25(31)19-34-23-9-7-22(8-10-23)21(4)5/h7-10,13,17,20-21,25H,6,11-12,14-16,18-19H2,1-5H3,(H,29,33)/t25-/m1/s1. The number of carbonyl (C=O) groups excluding carboxylic acids is 2. The number of benzene rings is 1. The van der Waals surface area contributed by atoms with Gasteiger partial charge in [-0.15, -0.1) is 11.3 Å². The van der Waals surface area contributed by atoms with Crippen molar-refractivity contribution in [3.05, 3.63) is 51.7 Å². The Morgan fingerprint density at radius 1 is 1.17 bits per heavy atom. The molecule has 0 radical (unpaired) electrons. The summed E-state index contributed by atoms with van der Waals surface area (Å²) >= 11 is 1.74. The summed E-state index contributed by atoms with van der Waals surface area (Å²) in [5.74, 6) is 1.71. The summed E-state index contributed by atoms with van der Waals surface area (Å²) in [7, 11) is 0. The molecular formula is C28H41N3O3S. The molecule has 6 nitrogen and oxygen atoms in total. The second-order valence-corrected chi connectivity index (χ2v) is 11.0. The van der Waals surface area contributed by atoms with Crippen LogP contribution in [0.3, 0.4) is 0 Å². The number of thiophene rings is 1. The number of amides is 3. The number of ether oxygens (including phenoxy) is 1. The summed E-state index contributed by atoms with van der Waals surface area (Å²) < 4.78 is 6.19. The first-order chi connectivity index (χ1) is 16.8. The molecule has 0 bridgehead atoms. The van der Waals surface area contributed by atoms with Crippen molar-refractivity contribution in [2.24, 2.45) is 5.92 Å². The van der Waals surface area contributed by atoms with Gasteiger partial charge < -0.3 is 19.9 Å². The van der Waals surface area contributed by atoms with Crippen molar-refractivity contribution in [3.8, 4) is 5.75 Å². The maximum Gasteiger partial charge on any atom is 0.317 e. The van der Waals surface area contributed by atoms with Crippen LogP contribution in [-0.2, 0) is 11.2 Å². The first-order valence-electron chi connectivity index (χ1n) is 12.9. The van der Waals surface area contributed by atoms with Gasteiger partial charge in [0.15, 0.2) is 0 Å². The highest BCUT2D eigenvalue weighted by Crippen LogP contribution is 2.34. The first kappa shape index (κ1) is 27.1. The van der Waals surface area contributed by atoms with E-state index in [1.807, 2.05) is 24.0 Å². The van der Waals surface area contributed by atoms with Gasteiger partial charge in [-0.3, -0.25) is 4.79 Å². The van der Waals surface area contributed by atoms with Crippen molar-refractivity contribution < 1.29 is 14.3 Å². The van der Waals surface area contributed by atoms with Gasteiger partial charge in [0.25, 0.3) is 0 Å². The zero-order valence-electron chi connectivity index (χ0n) is 21.9. The molecule has 1 N–H and O–H groups in total. The summed E-state index contributed by atoms with van der Waals surface area (Å²) in [6, 6.07) is 10.00. The Morgan fingerprint density at radius 2 is 1.91 bits per heavy atom. The molecule has 1 aromatic heterocycles. The number of carbonyl (C=O) groups is 2. The summed E-state index contributed by atoms with van der Waals surface area (Å²) in [5, 5.41) is 5.03. The lowest BCUT2D eigenvalue weighted by Crippen LogP contribution is -2.50. The molecule has 3 rings (SSSR count). The minimum Gasteiger partial charge on any atom is -0.491 e. The van der Waals surface area contributed by atoms with E-state index in [0.717, 1.165) is 30.6 Å². The van der Waals surface area contributed by atoms with E-state index in [1.165, 1.54) is 10.4 Å². The molecule has 2 aromatic rings. The molecule has 35 heavy (non-hydrogen) atoms. The molecule has 3 amide bonds. The molecule has 0 fully saturated rings. The monoisotopic (exact) mass is 499 g/mol. The van der Waals surface area contributed by atoms with Crippen LogP contribution >= 0.6 is 11.3 Å². The van der Waals surface area contributed by atoms with Gasteiger partial charge in [-0.1, -0.05) is 46.8 Å². The minimum absolute atomic E-state index is 0.0268. The van der Waals surface area contributed by atoms with Gasteiger partial charge in [0.2, 0.25) is 5.91 Å². The highest BCUT2D eigenvalue weighted by molar-refractivity contribution is 7.10. The predicted molar refractivity (Wildman–Crippen MR) is 143 cm³/mol. The smallest absolute Gasteiger partial charge is 0.317 e. The second kappa shape index (κ2) is 13.0. The maximum atomic E-state index is 13.6. The van der Waals surface area contributed by atoms with E-state index in [-0.39, 0.29) is 24.5 Å². The molecule has 192 valence electrons.